The Balaban J connectivity index is 2.04. The topological polar surface area (TPSA) is 51.8 Å². The van der Waals surface area contributed by atoms with Crippen molar-refractivity contribution in [2.24, 2.45) is 11.7 Å². The van der Waals surface area contributed by atoms with E-state index in [1.165, 1.54) is 17.5 Å². The number of nitrogens with two attached hydrogens (primary N) is 1. The predicted octanol–water partition coefficient (Wildman–Crippen LogP) is 3.06. The molecule has 19 heavy (non-hydrogen) atoms. The summed E-state index contributed by atoms with van der Waals surface area (Å²) >= 11 is 0. The molecule has 0 aliphatic carbocycles. The average molecular weight is 255 g/mol. The van der Waals surface area contributed by atoms with Crippen LogP contribution >= 0.6 is 0 Å². The fourth-order valence-electron chi connectivity index (χ4n) is 2.20. The molecular formula is C16H21N3. The van der Waals surface area contributed by atoms with Gasteiger partial charge in [-0.25, -0.2) is 9.97 Å². The molecule has 1 unspecified atom stereocenters. The van der Waals surface area contributed by atoms with E-state index in [-0.39, 0.29) is 0 Å². The monoisotopic (exact) mass is 255 g/mol. The Bertz CT molecular complexity index is 496. The van der Waals surface area contributed by atoms with Crippen LogP contribution in [0.5, 0.6) is 0 Å². The summed E-state index contributed by atoms with van der Waals surface area (Å²) in [7, 11) is 0. The molecule has 0 fully saturated rings. The van der Waals surface area contributed by atoms with Crippen LogP contribution in [-0.4, -0.2) is 16.5 Å². The highest BCUT2D eigenvalue weighted by molar-refractivity contribution is 5.62. The molecule has 0 amide bonds. The van der Waals surface area contributed by atoms with E-state index in [2.05, 4.69) is 41.2 Å². The number of nitrogens with zero attached hydrogens (tertiary/aromatic N) is 2. The third kappa shape index (κ3) is 4.14. The van der Waals surface area contributed by atoms with Crippen molar-refractivity contribution in [1.29, 1.82) is 0 Å². The van der Waals surface area contributed by atoms with E-state index in [4.69, 9.17) is 5.73 Å². The number of rotatable bonds is 6. The molecular weight excluding hydrogens is 234 g/mol. The summed E-state index contributed by atoms with van der Waals surface area (Å²) in [5.41, 5.74) is 9.20. The number of hydrogen-bond donors (Lipinski definition) is 1. The van der Waals surface area contributed by atoms with Crippen LogP contribution in [0.3, 0.4) is 0 Å². The van der Waals surface area contributed by atoms with Crippen molar-refractivity contribution in [2.45, 2.75) is 26.2 Å². The molecule has 3 nitrogen and oxygen atoms in total. The normalized spacial score (nSPS) is 12.3. The fourth-order valence-corrected chi connectivity index (χ4v) is 2.20. The van der Waals surface area contributed by atoms with Gasteiger partial charge in [0.15, 0.2) is 0 Å². The summed E-state index contributed by atoms with van der Waals surface area (Å²) in [4.78, 5) is 8.13. The van der Waals surface area contributed by atoms with Gasteiger partial charge < -0.3 is 5.73 Å². The van der Waals surface area contributed by atoms with Crippen LogP contribution in [0.25, 0.3) is 11.1 Å². The summed E-state index contributed by atoms with van der Waals surface area (Å²) in [6.07, 6.45) is 8.65. The lowest BCUT2D eigenvalue weighted by molar-refractivity contribution is 0.500. The average Bonchev–Trinajstić information content (AvgIpc) is 2.47. The van der Waals surface area contributed by atoms with Crippen LogP contribution in [0, 0.1) is 5.92 Å². The first-order chi connectivity index (χ1) is 9.29. The summed E-state index contributed by atoms with van der Waals surface area (Å²) in [6, 6.07) is 8.62. The molecule has 2 rings (SSSR count). The van der Waals surface area contributed by atoms with Crippen molar-refractivity contribution in [3.8, 4) is 11.1 Å². The Morgan fingerprint density at radius 3 is 2.63 bits per heavy atom. The van der Waals surface area contributed by atoms with E-state index < -0.39 is 0 Å². The number of aryl methyl sites for hydroxylation is 1. The maximum absolute atomic E-state index is 5.58. The van der Waals surface area contributed by atoms with Gasteiger partial charge in [0.05, 0.1) is 0 Å². The van der Waals surface area contributed by atoms with Crippen LogP contribution in [0.1, 0.15) is 25.3 Å². The zero-order valence-corrected chi connectivity index (χ0v) is 11.4. The summed E-state index contributed by atoms with van der Waals surface area (Å²) in [5.74, 6) is 0.689. The number of aromatic nitrogens is 2. The molecule has 3 heteroatoms. The van der Waals surface area contributed by atoms with Crippen molar-refractivity contribution in [3.63, 3.8) is 0 Å². The van der Waals surface area contributed by atoms with Crippen LogP contribution in [0.2, 0.25) is 0 Å². The van der Waals surface area contributed by atoms with Gasteiger partial charge >= 0.3 is 0 Å². The molecule has 0 radical (unpaired) electrons. The quantitative estimate of drug-likeness (QED) is 0.863. The minimum atomic E-state index is 0.689. The highest BCUT2D eigenvalue weighted by atomic mass is 14.8. The Kier molecular flexibility index (Phi) is 5.04. The summed E-state index contributed by atoms with van der Waals surface area (Å²) in [6.45, 7) is 3.05. The van der Waals surface area contributed by atoms with Crippen LogP contribution < -0.4 is 5.73 Å². The second-order valence-electron chi connectivity index (χ2n) is 5.05. The lowest BCUT2D eigenvalue weighted by Crippen LogP contribution is -2.06. The standard InChI is InChI=1S/C16H21N3/c1-13(7-8-17)5-6-14-3-2-4-15(9-14)16-10-18-12-19-11-16/h2-4,9-13H,5-8,17H2,1H3. The van der Waals surface area contributed by atoms with Crippen molar-refractivity contribution < 1.29 is 0 Å². The minimum Gasteiger partial charge on any atom is -0.330 e. The molecule has 100 valence electrons. The fraction of sp³-hybridized carbons (Fsp3) is 0.375. The van der Waals surface area contributed by atoms with Gasteiger partial charge in [-0.05, 0) is 42.9 Å². The first-order valence-corrected chi connectivity index (χ1v) is 6.84. The smallest absolute Gasteiger partial charge is 0.115 e. The van der Waals surface area contributed by atoms with E-state index >= 15 is 0 Å². The SMILES string of the molecule is CC(CCN)CCc1cccc(-c2cncnc2)c1. The highest BCUT2D eigenvalue weighted by Gasteiger charge is 2.03. The largest absolute Gasteiger partial charge is 0.330 e. The molecule has 2 aromatic rings. The third-order valence-electron chi connectivity index (χ3n) is 3.41. The molecule has 0 aliphatic rings. The second-order valence-corrected chi connectivity index (χ2v) is 5.05. The van der Waals surface area contributed by atoms with E-state index in [9.17, 15) is 0 Å². The molecule has 1 aromatic heterocycles. The van der Waals surface area contributed by atoms with Gasteiger partial charge in [-0.1, -0.05) is 31.2 Å². The summed E-state index contributed by atoms with van der Waals surface area (Å²) in [5, 5.41) is 0. The highest BCUT2D eigenvalue weighted by Crippen LogP contribution is 2.20. The zero-order valence-electron chi connectivity index (χ0n) is 11.4. The predicted molar refractivity (Wildman–Crippen MR) is 78.6 cm³/mol. The lowest BCUT2D eigenvalue weighted by atomic mass is 9.96. The molecule has 1 aromatic carbocycles. The Hall–Kier alpha value is -1.74. The Morgan fingerprint density at radius 2 is 1.89 bits per heavy atom. The minimum absolute atomic E-state index is 0.689. The van der Waals surface area contributed by atoms with Crippen molar-refractivity contribution in [2.75, 3.05) is 6.54 Å². The van der Waals surface area contributed by atoms with Gasteiger partial charge in [0.25, 0.3) is 0 Å². The van der Waals surface area contributed by atoms with Crippen molar-refractivity contribution in [1.82, 2.24) is 9.97 Å². The summed E-state index contributed by atoms with van der Waals surface area (Å²) < 4.78 is 0. The molecule has 1 heterocycles. The van der Waals surface area contributed by atoms with E-state index in [1.54, 1.807) is 6.33 Å². The first kappa shape index (κ1) is 13.7. The maximum atomic E-state index is 5.58. The van der Waals surface area contributed by atoms with Crippen LogP contribution in [-0.2, 0) is 6.42 Å². The van der Waals surface area contributed by atoms with Gasteiger partial charge in [-0.3, -0.25) is 0 Å². The number of benzene rings is 1. The van der Waals surface area contributed by atoms with E-state index in [0.717, 1.165) is 24.9 Å². The van der Waals surface area contributed by atoms with Gasteiger partial charge in [0.2, 0.25) is 0 Å². The molecule has 0 spiro atoms. The van der Waals surface area contributed by atoms with Gasteiger partial charge in [-0.2, -0.15) is 0 Å². The van der Waals surface area contributed by atoms with Gasteiger partial charge in [-0.15, -0.1) is 0 Å². The van der Waals surface area contributed by atoms with E-state index in [0.29, 0.717) is 5.92 Å². The van der Waals surface area contributed by atoms with Crippen LogP contribution in [0.15, 0.2) is 43.0 Å². The van der Waals surface area contributed by atoms with E-state index in [1.807, 2.05) is 12.4 Å². The number of hydrogen-bond acceptors (Lipinski definition) is 3. The van der Waals surface area contributed by atoms with Crippen molar-refractivity contribution >= 4 is 0 Å². The molecule has 1 atom stereocenters. The van der Waals surface area contributed by atoms with Gasteiger partial charge in [0, 0.05) is 18.0 Å². The molecule has 0 saturated carbocycles. The zero-order chi connectivity index (χ0) is 13.5. The third-order valence-corrected chi connectivity index (χ3v) is 3.41. The lowest BCUT2D eigenvalue weighted by Gasteiger charge is -2.10. The van der Waals surface area contributed by atoms with Crippen LogP contribution in [0.4, 0.5) is 0 Å². The Labute approximate surface area is 114 Å². The van der Waals surface area contributed by atoms with Gasteiger partial charge in [0.1, 0.15) is 6.33 Å². The molecule has 0 saturated heterocycles. The Morgan fingerprint density at radius 1 is 1.11 bits per heavy atom. The maximum Gasteiger partial charge on any atom is 0.115 e. The first-order valence-electron chi connectivity index (χ1n) is 6.84. The molecule has 0 bridgehead atoms. The second kappa shape index (κ2) is 7.00. The van der Waals surface area contributed by atoms with Crippen molar-refractivity contribution in [3.05, 3.63) is 48.5 Å². The molecule has 2 N–H and O–H groups in total. The molecule has 0 aliphatic heterocycles.